The second-order valence-corrected chi connectivity index (χ2v) is 8.33. The zero-order valence-corrected chi connectivity index (χ0v) is 28.4. The van der Waals surface area contributed by atoms with Crippen molar-refractivity contribution in [2.45, 2.75) is 0 Å². The van der Waals surface area contributed by atoms with Gasteiger partial charge in [-0.1, -0.05) is 121 Å². The van der Waals surface area contributed by atoms with Crippen LogP contribution >= 0.6 is 0 Å². The second-order valence-electron chi connectivity index (χ2n) is 8.33. The fourth-order valence-corrected chi connectivity index (χ4v) is 2.93. The first kappa shape index (κ1) is 56.9. The predicted octanol–water partition coefficient (Wildman–Crippen LogP) is 3.45. The Morgan fingerprint density at radius 2 is 0.460 bits per heavy atom. The third-order valence-corrected chi connectivity index (χ3v) is 4.87. The Labute approximate surface area is 310 Å². The van der Waals surface area contributed by atoms with E-state index in [9.17, 15) is 19.2 Å². The van der Waals surface area contributed by atoms with Crippen LogP contribution in [-0.4, -0.2) is 44.3 Å². The van der Waals surface area contributed by atoms with E-state index in [0.29, 0.717) is 0 Å². The molecule has 0 aliphatic heterocycles. The van der Waals surface area contributed by atoms with E-state index in [1.165, 1.54) is 0 Å². The molecule has 0 bridgehead atoms. The number of aliphatic carboxylic acids is 4. The Morgan fingerprint density at radius 1 is 0.320 bits per heavy atom. The molecule has 278 valence electrons. The molecule has 0 heterocycles. The molecule has 0 unspecified atom stereocenters. The summed E-state index contributed by atoms with van der Waals surface area (Å²) in [5, 5.41) is 33.2. The molecular weight excluding hydrogens is 751 g/mol. The predicted molar refractivity (Wildman–Crippen MR) is 192 cm³/mol. The maximum atomic E-state index is 10.1. The van der Waals surface area contributed by atoms with Gasteiger partial charge in [0, 0.05) is 58.4 Å². The van der Waals surface area contributed by atoms with Gasteiger partial charge in [-0.05, 0) is 46.6 Å². The molecule has 16 N–H and O–H groups in total. The zero-order valence-electron chi connectivity index (χ0n) is 26.5. The van der Waals surface area contributed by atoms with Gasteiger partial charge in [-0.2, -0.15) is 0 Å². The molecule has 2 radical (unpaired) electrons. The quantitative estimate of drug-likeness (QED) is 0.116. The average Bonchev–Trinajstić information content (AvgIpc) is 3.04. The van der Waals surface area contributed by atoms with E-state index in [-0.39, 0.29) is 56.0 Å². The van der Waals surface area contributed by atoms with Crippen molar-refractivity contribution in [1.29, 1.82) is 0 Å². The average molecular weight is 796 g/mol. The molecular formula is C36H44Cu2O12+4. The summed E-state index contributed by atoms with van der Waals surface area (Å²) in [6.07, 6.45) is 10.7. The molecule has 4 rings (SSSR count). The SMILES string of the molecule is O=C(O)C=Cc1ccccc1.O=C(O)C=Cc1ccccc1.O=C(O)C=Cc1ccccc1.O=C(O)C=Cc1ccccc1.[Cu].[Cu].[OH3+].[OH3+].[OH3+].[OH3+]. The van der Waals surface area contributed by atoms with E-state index in [4.69, 9.17) is 20.4 Å². The normalized spacial score (nSPS) is 8.96. The Kier molecular flexibility index (Phi) is 41.5. The first-order chi connectivity index (χ1) is 21.2. The maximum absolute atomic E-state index is 10.1. The molecule has 0 aliphatic rings. The van der Waals surface area contributed by atoms with Gasteiger partial charge in [-0.25, -0.2) is 19.2 Å². The largest absolute Gasteiger partial charge is 0.478 e. The van der Waals surface area contributed by atoms with Crippen molar-refractivity contribution in [1.82, 2.24) is 0 Å². The van der Waals surface area contributed by atoms with Gasteiger partial charge in [0.15, 0.2) is 0 Å². The molecule has 0 amide bonds. The minimum absolute atomic E-state index is 0. The van der Waals surface area contributed by atoms with Crippen molar-refractivity contribution in [3.8, 4) is 0 Å². The number of rotatable bonds is 8. The Morgan fingerprint density at radius 3 is 0.580 bits per heavy atom. The van der Waals surface area contributed by atoms with E-state index in [1.54, 1.807) is 24.3 Å². The van der Waals surface area contributed by atoms with E-state index in [2.05, 4.69) is 0 Å². The van der Waals surface area contributed by atoms with Crippen LogP contribution in [0.2, 0.25) is 0 Å². The van der Waals surface area contributed by atoms with Crippen molar-refractivity contribution in [3.05, 3.63) is 168 Å². The minimum atomic E-state index is -0.922. The molecule has 0 atom stereocenters. The van der Waals surface area contributed by atoms with E-state index in [1.807, 2.05) is 121 Å². The summed E-state index contributed by atoms with van der Waals surface area (Å²) >= 11 is 0. The molecule has 12 nitrogen and oxygen atoms in total. The van der Waals surface area contributed by atoms with Crippen molar-refractivity contribution < 1.29 is 95.6 Å². The molecule has 50 heavy (non-hydrogen) atoms. The number of hydrogen-bond donors (Lipinski definition) is 4. The van der Waals surface area contributed by atoms with Crippen LogP contribution in [0.4, 0.5) is 0 Å². The summed E-state index contributed by atoms with van der Waals surface area (Å²) in [5.41, 5.74) is 3.59. The molecule has 0 fully saturated rings. The molecule has 0 aromatic heterocycles. The molecule has 4 aromatic carbocycles. The number of benzene rings is 4. The minimum Gasteiger partial charge on any atom is -0.478 e. The summed E-state index contributed by atoms with van der Waals surface area (Å²) < 4.78 is 0. The number of carboxylic acids is 4. The Bertz CT molecular complexity index is 1310. The van der Waals surface area contributed by atoms with Gasteiger partial charge in [0.05, 0.1) is 0 Å². The summed E-state index contributed by atoms with van der Waals surface area (Å²) in [4.78, 5) is 40.3. The number of carboxylic acid groups (broad SMARTS) is 4. The first-order valence-corrected chi connectivity index (χ1v) is 13.0. The summed E-state index contributed by atoms with van der Waals surface area (Å²) in [6, 6.07) is 37.2. The van der Waals surface area contributed by atoms with E-state index in [0.717, 1.165) is 46.6 Å². The van der Waals surface area contributed by atoms with Crippen molar-refractivity contribution in [2.24, 2.45) is 0 Å². The van der Waals surface area contributed by atoms with Gasteiger partial charge in [0.1, 0.15) is 0 Å². The molecule has 14 heteroatoms. The third-order valence-electron chi connectivity index (χ3n) is 4.87. The van der Waals surface area contributed by atoms with Crippen molar-refractivity contribution in [2.75, 3.05) is 0 Å². The van der Waals surface area contributed by atoms with Crippen LogP contribution in [0.15, 0.2) is 146 Å². The van der Waals surface area contributed by atoms with Crippen LogP contribution in [-0.2, 0) is 75.2 Å². The van der Waals surface area contributed by atoms with Crippen LogP contribution in [0.25, 0.3) is 24.3 Å². The topological polar surface area (TPSA) is 281 Å². The molecule has 0 saturated heterocycles. The van der Waals surface area contributed by atoms with Gasteiger partial charge >= 0.3 is 23.9 Å². The molecule has 0 saturated carbocycles. The fourth-order valence-electron chi connectivity index (χ4n) is 2.93. The maximum Gasteiger partial charge on any atom is 0.328 e. The zero-order chi connectivity index (χ0) is 32.4. The monoisotopic (exact) mass is 794 g/mol. The molecule has 0 aliphatic carbocycles. The fraction of sp³-hybridized carbons (Fsp3) is 0. The van der Waals surface area contributed by atoms with Crippen LogP contribution in [0.5, 0.6) is 0 Å². The Balaban J connectivity index is -0.000000124. The van der Waals surface area contributed by atoms with Gasteiger partial charge < -0.3 is 42.3 Å². The summed E-state index contributed by atoms with van der Waals surface area (Å²) in [6.45, 7) is 0. The van der Waals surface area contributed by atoms with Gasteiger partial charge in [-0.15, -0.1) is 0 Å². The van der Waals surface area contributed by atoms with Gasteiger partial charge in [0.2, 0.25) is 0 Å². The van der Waals surface area contributed by atoms with Crippen LogP contribution in [0.1, 0.15) is 22.3 Å². The summed E-state index contributed by atoms with van der Waals surface area (Å²) in [5.74, 6) is -3.69. The number of hydrogen-bond acceptors (Lipinski definition) is 4. The Hall–Kier alpha value is -5.40. The van der Waals surface area contributed by atoms with E-state index < -0.39 is 23.9 Å². The van der Waals surface area contributed by atoms with E-state index >= 15 is 0 Å². The molecule has 0 spiro atoms. The first-order valence-electron chi connectivity index (χ1n) is 13.0. The van der Waals surface area contributed by atoms with Crippen LogP contribution in [0, 0.1) is 0 Å². The van der Waals surface area contributed by atoms with Crippen LogP contribution in [0.3, 0.4) is 0 Å². The molecule has 4 aromatic rings. The van der Waals surface area contributed by atoms with Gasteiger partial charge in [-0.3, -0.25) is 0 Å². The van der Waals surface area contributed by atoms with Crippen LogP contribution < -0.4 is 0 Å². The standard InChI is InChI=1S/4C9H8O2.2Cu.4H2O/c4*10-9(11)7-6-8-4-2-1-3-5-8;;;;;;/h4*1-7H,(H,10,11);;;4*1H2/p+4. The number of carbonyl (C=O) groups is 4. The second kappa shape index (κ2) is 36.4. The van der Waals surface area contributed by atoms with Gasteiger partial charge in [0.25, 0.3) is 0 Å². The third kappa shape index (κ3) is 33.9. The van der Waals surface area contributed by atoms with Crippen molar-refractivity contribution in [3.63, 3.8) is 0 Å². The van der Waals surface area contributed by atoms with Crippen molar-refractivity contribution >= 4 is 48.2 Å². The summed E-state index contributed by atoms with van der Waals surface area (Å²) in [7, 11) is 0. The smallest absolute Gasteiger partial charge is 0.328 e.